The van der Waals surface area contributed by atoms with Gasteiger partial charge in [-0.1, -0.05) is 29.8 Å². The largest absolute Gasteiger partial charge is 0.352 e. The maximum Gasteiger partial charge on any atom is 0.238 e. The van der Waals surface area contributed by atoms with Crippen LogP contribution in [0, 0.1) is 20.8 Å². The number of hydrogen-bond acceptors (Lipinski definition) is 4. The number of rotatable bonds is 6. The molecule has 0 aliphatic carbocycles. The van der Waals surface area contributed by atoms with Gasteiger partial charge < -0.3 is 5.32 Å². The van der Waals surface area contributed by atoms with Crippen molar-refractivity contribution in [3.63, 3.8) is 0 Å². The molecular formula is C21H23ClN4O3S. The first kappa shape index (κ1) is 22.0. The van der Waals surface area contributed by atoms with E-state index in [1.807, 2.05) is 39.0 Å². The Balaban J connectivity index is 1.73. The number of nitrogens with two attached hydrogens (primary N) is 1. The predicted molar refractivity (Wildman–Crippen MR) is 116 cm³/mol. The van der Waals surface area contributed by atoms with Gasteiger partial charge in [-0.3, -0.25) is 4.79 Å². The van der Waals surface area contributed by atoms with E-state index in [4.69, 9.17) is 16.7 Å². The fourth-order valence-corrected chi connectivity index (χ4v) is 3.91. The molecule has 1 heterocycles. The van der Waals surface area contributed by atoms with E-state index in [1.54, 1.807) is 16.8 Å². The topological polar surface area (TPSA) is 107 Å². The smallest absolute Gasteiger partial charge is 0.238 e. The molecule has 9 heteroatoms. The molecule has 3 aromatic rings. The van der Waals surface area contributed by atoms with Crippen LogP contribution in [0.2, 0.25) is 5.02 Å². The zero-order chi connectivity index (χ0) is 22.1. The maximum absolute atomic E-state index is 12.5. The Kier molecular flexibility index (Phi) is 6.30. The fraction of sp³-hybridized carbons (Fsp3) is 0.238. The Bertz CT molecular complexity index is 1220. The summed E-state index contributed by atoms with van der Waals surface area (Å²) in [6, 6.07) is 11.9. The summed E-state index contributed by atoms with van der Waals surface area (Å²) in [5.74, 6) is -0.191. The number of carbonyl (C=O) groups excluding carboxylic acids is 1. The summed E-state index contributed by atoms with van der Waals surface area (Å²) in [6.45, 7) is 5.90. The monoisotopic (exact) mass is 446 g/mol. The van der Waals surface area contributed by atoms with Crippen molar-refractivity contribution in [3.8, 4) is 5.69 Å². The third-order valence-corrected chi connectivity index (χ3v) is 6.21. The normalized spacial score (nSPS) is 11.5. The third-order valence-electron chi connectivity index (χ3n) is 4.90. The van der Waals surface area contributed by atoms with Gasteiger partial charge in [0, 0.05) is 22.8 Å². The third kappa shape index (κ3) is 4.89. The molecule has 0 fully saturated rings. The number of nitrogens with one attached hydrogen (secondary N) is 1. The molecule has 1 amide bonds. The summed E-state index contributed by atoms with van der Waals surface area (Å²) in [5, 5.41) is 13.2. The molecular weight excluding hydrogens is 424 g/mol. The lowest BCUT2D eigenvalue weighted by Crippen LogP contribution is -2.25. The van der Waals surface area contributed by atoms with Crippen LogP contribution in [0.25, 0.3) is 5.69 Å². The zero-order valence-corrected chi connectivity index (χ0v) is 18.5. The predicted octanol–water partition coefficient (Wildman–Crippen LogP) is 2.96. The molecule has 0 saturated heterocycles. The molecule has 0 atom stereocenters. The number of nitrogens with zero attached hydrogens (tertiary/aromatic N) is 2. The molecule has 0 spiro atoms. The van der Waals surface area contributed by atoms with E-state index in [9.17, 15) is 13.2 Å². The minimum Gasteiger partial charge on any atom is -0.352 e. The SMILES string of the molecule is Cc1ccc(-n2nc(C)c(CC(=O)NCc3cccc(S(N)(=O)=O)c3)c2C)cc1Cl. The molecule has 0 unspecified atom stereocenters. The van der Waals surface area contributed by atoms with Crippen molar-refractivity contribution in [2.75, 3.05) is 0 Å². The van der Waals surface area contributed by atoms with Crippen molar-refractivity contribution in [2.45, 2.75) is 38.6 Å². The van der Waals surface area contributed by atoms with Crippen molar-refractivity contribution in [1.29, 1.82) is 0 Å². The number of amides is 1. The number of aromatic nitrogens is 2. The standard InChI is InChI=1S/C21H23ClN4O3S/c1-13-7-8-17(10-20(13)22)26-15(3)19(14(2)25-26)11-21(27)24-12-16-5-4-6-18(9-16)30(23,28)29/h4-10H,11-12H2,1-3H3,(H,24,27)(H2,23,28,29). The number of aryl methyl sites for hydroxylation is 2. The van der Waals surface area contributed by atoms with Crippen LogP contribution < -0.4 is 10.5 Å². The van der Waals surface area contributed by atoms with Gasteiger partial charge in [0.1, 0.15) is 0 Å². The summed E-state index contributed by atoms with van der Waals surface area (Å²) in [5.41, 5.74) is 4.91. The average molecular weight is 447 g/mol. The minimum absolute atomic E-state index is 0.0129. The maximum atomic E-state index is 12.5. The second-order valence-electron chi connectivity index (χ2n) is 7.14. The van der Waals surface area contributed by atoms with E-state index in [1.165, 1.54) is 12.1 Å². The van der Waals surface area contributed by atoms with Gasteiger partial charge in [-0.15, -0.1) is 0 Å². The van der Waals surface area contributed by atoms with E-state index < -0.39 is 10.0 Å². The molecule has 1 aromatic heterocycles. The van der Waals surface area contributed by atoms with Crippen LogP contribution in [-0.4, -0.2) is 24.1 Å². The Morgan fingerprint density at radius 1 is 1.17 bits per heavy atom. The number of carbonyl (C=O) groups is 1. The average Bonchev–Trinajstić information content (AvgIpc) is 2.96. The van der Waals surface area contributed by atoms with Crippen molar-refractivity contribution in [1.82, 2.24) is 15.1 Å². The van der Waals surface area contributed by atoms with E-state index in [0.29, 0.717) is 10.6 Å². The van der Waals surface area contributed by atoms with Gasteiger partial charge in [-0.2, -0.15) is 5.10 Å². The van der Waals surface area contributed by atoms with Gasteiger partial charge in [-0.25, -0.2) is 18.2 Å². The molecule has 7 nitrogen and oxygen atoms in total. The second kappa shape index (κ2) is 8.59. The fourth-order valence-electron chi connectivity index (χ4n) is 3.15. The highest BCUT2D eigenvalue weighted by Gasteiger charge is 2.16. The van der Waals surface area contributed by atoms with Crippen LogP contribution in [0.1, 0.15) is 28.1 Å². The van der Waals surface area contributed by atoms with Gasteiger partial charge in [0.2, 0.25) is 15.9 Å². The summed E-state index contributed by atoms with van der Waals surface area (Å²) >= 11 is 6.23. The highest BCUT2D eigenvalue weighted by Crippen LogP contribution is 2.23. The Labute approximate surface area is 180 Å². The molecule has 3 rings (SSSR count). The lowest BCUT2D eigenvalue weighted by atomic mass is 10.1. The van der Waals surface area contributed by atoms with Crippen LogP contribution in [0.5, 0.6) is 0 Å². The Morgan fingerprint density at radius 2 is 1.90 bits per heavy atom. The summed E-state index contributed by atoms with van der Waals surface area (Å²) in [6.07, 6.45) is 0.159. The van der Waals surface area contributed by atoms with E-state index in [-0.39, 0.29) is 23.8 Å². The second-order valence-corrected chi connectivity index (χ2v) is 9.11. The lowest BCUT2D eigenvalue weighted by Gasteiger charge is -2.09. The van der Waals surface area contributed by atoms with Gasteiger partial charge >= 0.3 is 0 Å². The molecule has 3 N–H and O–H groups in total. The molecule has 2 aromatic carbocycles. The number of halogens is 1. The van der Waals surface area contributed by atoms with Crippen molar-refractivity contribution in [2.24, 2.45) is 5.14 Å². The highest BCUT2D eigenvalue weighted by molar-refractivity contribution is 7.89. The lowest BCUT2D eigenvalue weighted by molar-refractivity contribution is -0.120. The Hall–Kier alpha value is -2.68. The molecule has 158 valence electrons. The van der Waals surface area contributed by atoms with Crippen LogP contribution in [0.3, 0.4) is 0 Å². The quantitative estimate of drug-likeness (QED) is 0.606. The summed E-state index contributed by atoms with van der Waals surface area (Å²) < 4.78 is 24.7. The van der Waals surface area contributed by atoms with Gasteiger partial charge in [0.25, 0.3) is 0 Å². The first-order valence-corrected chi connectivity index (χ1v) is 11.2. The minimum atomic E-state index is -3.79. The number of sulfonamides is 1. The van der Waals surface area contributed by atoms with Crippen molar-refractivity contribution >= 4 is 27.5 Å². The molecule has 0 aliphatic rings. The number of hydrogen-bond donors (Lipinski definition) is 2. The molecule has 0 saturated carbocycles. The zero-order valence-electron chi connectivity index (χ0n) is 16.9. The Morgan fingerprint density at radius 3 is 2.57 bits per heavy atom. The molecule has 0 radical (unpaired) electrons. The number of benzene rings is 2. The van der Waals surface area contributed by atoms with Gasteiger partial charge in [0.15, 0.2) is 0 Å². The first-order chi connectivity index (χ1) is 14.1. The first-order valence-electron chi connectivity index (χ1n) is 9.26. The molecule has 0 bridgehead atoms. The molecule has 0 aliphatic heterocycles. The van der Waals surface area contributed by atoms with E-state index in [2.05, 4.69) is 10.4 Å². The van der Waals surface area contributed by atoms with Crippen LogP contribution in [0.4, 0.5) is 0 Å². The molecule has 30 heavy (non-hydrogen) atoms. The number of primary sulfonamides is 1. The van der Waals surface area contributed by atoms with Crippen LogP contribution >= 0.6 is 11.6 Å². The highest BCUT2D eigenvalue weighted by atomic mass is 35.5. The van der Waals surface area contributed by atoms with Crippen LogP contribution in [0.15, 0.2) is 47.4 Å². The van der Waals surface area contributed by atoms with Crippen molar-refractivity contribution in [3.05, 3.63) is 75.6 Å². The van der Waals surface area contributed by atoms with E-state index in [0.717, 1.165) is 28.2 Å². The van der Waals surface area contributed by atoms with Gasteiger partial charge in [0.05, 0.1) is 22.7 Å². The van der Waals surface area contributed by atoms with Crippen molar-refractivity contribution < 1.29 is 13.2 Å². The van der Waals surface area contributed by atoms with Gasteiger partial charge in [-0.05, 0) is 56.2 Å². The summed E-state index contributed by atoms with van der Waals surface area (Å²) in [4.78, 5) is 12.5. The van der Waals surface area contributed by atoms with E-state index >= 15 is 0 Å². The summed E-state index contributed by atoms with van der Waals surface area (Å²) in [7, 11) is -3.79. The van der Waals surface area contributed by atoms with Crippen LogP contribution in [-0.2, 0) is 27.8 Å².